The average molecular weight is 295 g/mol. The molecule has 0 aliphatic carbocycles. The van der Waals surface area contributed by atoms with Crippen LogP contribution in [0.3, 0.4) is 0 Å². The van der Waals surface area contributed by atoms with E-state index in [9.17, 15) is 4.79 Å². The van der Waals surface area contributed by atoms with Crippen molar-refractivity contribution in [2.75, 3.05) is 27.4 Å². The predicted molar refractivity (Wildman–Crippen MR) is 76.8 cm³/mol. The van der Waals surface area contributed by atoms with E-state index in [0.29, 0.717) is 30.2 Å². The van der Waals surface area contributed by atoms with E-state index in [4.69, 9.17) is 18.9 Å². The summed E-state index contributed by atoms with van der Waals surface area (Å²) < 4.78 is 21.4. The van der Waals surface area contributed by atoms with Gasteiger partial charge in [-0.25, -0.2) is 0 Å². The molecule has 1 atom stereocenters. The Hall–Kier alpha value is -1.79. The molecule has 1 aromatic rings. The summed E-state index contributed by atoms with van der Waals surface area (Å²) in [6, 6.07) is 5.04. The Morgan fingerprint density at radius 3 is 2.38 bits per heavy atom. The highest BCUT2D eigenvalue weighted by atomic mass is 16.7. The number of carbonyl (C=O) groups excluding carboxylic acids is 1. The molecule has 2 rings (SSSR count). The van der Waals surface area contributed by atoms with Gasteiger partial charge in [-0.05, 0) is 26.0 Å². The van der Waals surface area contributed by atoms with Gasteiger partial charge in [0.05, 0.1) is 20.8 Å². The number of carbonyl (C=O) groups is 1. The number of rotatable bonds is 5. The Kier molecular flexibility index (Phi) is 4.69. The van der Waals surface area contributed by atoms with Crippen LogP contribution in [0.1, 0.15) is 24.2 Å². The highest BCUT2D eigenvalue weighted by Gasteiger charge is 2.32. The van der Waals surface area contributed by atoms with Crippen LogP contribution in [-0.2, 0) is 9.47 Å². The standard InChI is InChI=1S/C15H21NO5/c1-15(2)20-9-13(21-15)8-16-14(17)10-5-11(18-3)7-12(6-10)19-4/h5-7,13H,8-9H2,1-4H3,(H,16,17). The van der Waals surface area contributed by atoms with E-state index < -0.39 is 5.79 Å². The molecule has 1 heterocycles. The van der Waals surface area contributed by atoms with Gasteiger partial charge >= 0.3 is 0 Å². The first-order chi connectivity index (χ1) is 9.93. The van der Waals surface area contributed by atoms with Crippen LogP contribution < -0.4 is 14.8 Å². The van der Waals surface area contributed by atoms with Crippen LogP contribution in [0.15, 0.2) is 18.2 Å². The maximum absolute atomic E-state index is 12.2. The second-order valence-corrected chi connectivity index (χ2v) is 5.26. The lowest BCUT2D eigenvalue weighted by Crippen LogP contribution is -2.34. The largest absolute Gasteiger partial charge is 0.497 e. The third-order valence-corrected chi connectivity index (χ3v) is 3.17. The number of methoxy groups -OCH3 is 2. The third kappa shape index (κ3) is 4.09. The number of nitrogens with one attached hydrogen (secondary N) is 1. The smallest absolute Gasteiger partial charge is 0.251 e. The summed E-state index contributed by atoms with van der Waals surface area (Å²) in [7, 11) is 3.09. The molecule has 1 unspecified atom stereocenters. The molecule has 0 bridgehead atoms. The molecule has 0 saturated carbocycles. The molecule has 1 N–H and O–H groups in total. The lowest BCUT2D eigenvalue weighted by molar-refractivity contribution is -0.137. The zero-order valence-corrected chi connectivity index (χ0v) is 12.8. The van der Waals surface area contributed by atoms with Gasteiger partial charge in [0.1, 0.15) is 17.6 Å². The average Bonchev–Trinajstić information content (AvgIpc) is 2.83. The second-order valence-electron chi connectivity index (χ2n) is 5.26. The molecule has 6 heteroatoms. The van der Waals surface area contributed by atoms with Crippen molar-refractivity contribution in [1.82, 2.24) is 5.32 Å². The van der Waals surface area contributed by atoms with E-state index in [-0.39, 0.29) is 12.0 Å². The molecule has 0 aromatic heterocycles. The molecule has 0 spiro atoms. The summed E-state index contributed by atoms with van der Waals surface area (Å²) in [5, 5.41) is 2.83. The summed E-state index contributed by atoms with van der Waals surface area (Å²) in [5.41, 5.74) is 0.476. The minimum atomic E-state index is -0.589. The SMILES string of the molecule is COc1cc(OC)cc(C(=O)NCC2COC(C)(C)O2)c1. The predicted octanol–water partition coefficient (Wildman–Crippen LogP) is 1.59. The number of amides is 1. The summed E-state index contributed by atoms with van der Waals surface area (Å²) in [6.45, 7) is 4.56. The molecule has 1 aliphatic heterocycles. The van der Waals surface area contributed by atoms with Crippen molar-refractivity contribution in [3.63, 3.8) is 0 Å². The van der Waals surface area contributed by atoms with Gasteiger partial charge in [0, 0.05) is 18.2 Å². The van der Waals surface area contributed by atoms with Gasteiger partial charge in [-0.15, -0.1) is 0 Å². The van der Waals surface area contributed by atoms with Crippen LogP contribution >= 0.6 is 0 Å². The monoisotopic (exact) mass is 295 g/mol. The van der Waals surface area contributed by atoms with E-state index in [2.05, 4.69) is 5.32 Å². The van der Waals surface area contributed by atoms with Crippen LogP contribution in [0, 0.1) is 0 Å². The quantitative estimate of drug-likeness (QED) is 0.893. The van der Waals surface area contributed by atoms with Crippen molar-refractivity contribution in [3.8, 4) is 11.5 Å². The van der Waals surface area contributed by atoms with Crippen LogP contribution in [0.25, 0.3) is 0 Å². The van der Waals surface area contributed by atoms with Gasteiger partial charge in [0.2, 0.25) is 0 Å². The molecular weight excluding hydrogens is 274 g/mol. The van der Waals surface area contributed by atoms with E-state index >= 15 is 0 Å². The first-order valence-electron chi connectivity index (χ1n) is 6.76. The second kappa shape index (κ2) is 6.32. The van der Waals surface area contributed by atoms with Gasteiger partial charge in [-0.2, -0.15) is 0 Å². The summed E-state index contributed by atoms with van der Waals surface area (Å²) in [6.07, 6.45) is -0.142. The van der Waals surface area contributed by atoms with E-state index in [1.54, 1.807) is 32.4 Å². The fourth-order valence-corrected chi connectivity index (χ4v) is 2.11. The molecule has 1 fully saturated rings. The highest BCUT2D eigenvalue weighted by Crippen LogP contribution is 2.23. The van der Waals surface area contributed by atoms with E-state index in [1.165, 1.54) is 0 Å². The van der Waals surface area contributed by atoms with Gasteiger partial charge < -0.3 is 24.3 Å². The fraction of sp³-hybridized carbons (Fsp3) is 0.533. The first kappa shape index (κ1) is 15.6. The topological polar surface area (TPSA) is 66.0 Å². The van der Waals surface area contributed by atoms with Crippen molar-refractivity contribution >= 4 is 5.91 Å². The Morgan fingerprint density at radius 2 is 1.90 bits per heavy atom. The van der Waals surface area contributed by atoms with E-state index in [0.717, 1.165) is 0 Å². The minimum absolute atomic E-state index is 0.142. The first-order valence-corrected chi connectivity index (χ1v) is 6.76. The zero-order chi connectivity index (χ0) is 15.5. The number of hydrogen-bond donors (Lipinski definition) is 1. The van der Waals surface area contributed by atoms with Crippen molar-refractivity contribution in [2.24, 2.45) is 0 Å². The molecule has 6 nitrogen and oxygen atoms in total. The molecular formula is C15H21NO5. The van der Waals surface area contributed by atoms with Gasteiger partial charge in [-0.3, -0.25) is 4.79 Å². The van der Waals surface area contributed by atoms with Crippen LogP contribution in [-0.4, -0.2) is 45.2 Å². The van der Waals surface area contributed by atoms with Crippen molar-refractivity contribution < 1.29 is 23.7 Å². The Labute approximate surface area is 124 Å². The van der Waals surface area contributed by atoms with Crippen LogP contribution in [0.5, 0.6) is 11.5 Å². The summed E-state index contributed by atoms with van der Waals surface area (Å²) >= 11 is 0. The summed E-state index contributed by atoms with van der Waals surface area (Å²) in [4.78, 5) is 12.2. The maximum Gasteiger partial charge on any atom is 0.251 e. The van der Waals surface area contributed by atoms with Crippen molar-refractivity contribution in [1.29, 1.82) is 0 Å². The maximum atomic E-state index is 12.2. The minimum Gasteiger partial charge on any atom is -0.497 e. The van der Waals surface area contributed by atoms with Crippen LogP contribution in [0.2, 0.25) is 0 Å². The normalized spacial score (nSPS) is 20.1. The fourth-order valence-electron chi connectivity index (χ4n) is 2.11. The number of ether oxygens (including phenoxy) is 4. The van der Waals surface area contributed by atoms with Gasteiger partial charge in [0.25, 0.3) is 5.91 Å². The number of benzene rings is 1. The summed E-state index contributed by atoms with van der Waals surface area (Å²) in [5.74, 6) is 0.344. The molecule has 116 valence electrons. The molecule has 21 heavy (non-hydrogen) atoms. The molecule has 1 amide bonds. The van der Waals surface area contributed by atoms with Crippen molar-refractivity contribution in [3.05, 3.63) is 23.8 Å². The lowest BCUT2D eigenvalue weighted by atomic mass is 10.2. The van der Waals surface area contributed by atoms with Crippen LogP contribution in [0.4, 0.5) is 0 Å². The lowest BCUT2D eigenvalue weighted by Gasteiger charge is -2.17. The van der Waals surface area contributed by atoms with Gasteiger partial charge in [-0.1, -0.05) is 0 Å². The molecule has 1 aromatic carbocycles. The zero-order valence-electron chi connectivity index (χ0n) is 12.8. The Morgan fingerprint density at radius 1 is 1.29 bits per heavy atom. The van der Waals surface area contributed by atoms with Gasteiger partial charge in [0.15, 0.2) is 5.79 Å². The molecule has 1 saturated heterocycles. The Balaban J connectivity index is 1.97. The Bertz CT molecular complexity index is 493. The van der Waals surface area contributed by atoms with E-state index in [1.807, 2.05) is 13.8 Å². The highest BCUT2D eigenvalue weighted by molar-refractivity contribution is 5.95. The third-order valence-electron chi connectivity index (χ3n) is 3.17. The number of hydrogen-bond acceptors (Lipinski definition) is 5. The molecule has 0 radical (unpaired) electrons. The molecule has 1 aliphatic rings. The van der Waals surface area contributed by atoms with Crippen molar-refractivity contribution in [2.45, 2.75) is 25.7 Å².